The lowest BCUT2D eigenvalue weighted by Crippen LogP contribution is -2.41. The maximum Gasteiger partial charge on any atom is 0.514 e. The van der Waals surface area contributed by atoms with Gasteiger partial charge in [0, 0.05) is 11.3 Å². The van der Waals surface area contributed by atoms with Crippen LogP contribution >= 0.6 is 11.6 Å². The molecule has 2 N–H and O–H groups in total. The fourth-order valence-electron chi connectivity index (χ4n) is 4.87. The third kappa shape index (κ3) is 14.2. The Labute approximate surface area is 276 Å². The predicted octanol–water partition coefficient (Wildman–Crippen LogP) is 7.83. The van der Waals surface area contributed by atoms with E-state index in [1.807, 2.05) is 0 Å². The molecule has 0 saturated heterocycles. The molecule has 3 unspecified atom stereocenters. The van der Waals surface area contributed by atoms with Gasteiger partial charge in [0.05, 0.1) is 9.79 Å². The van der Waals surface area contributed by atoms with Crippen molar-refractivity contribution in [1.82, 2.24) is 0 Å². The fourth-order valence-corrected chi connectivity index (χ4v) is 6.40. The minimum Gasteiger partial charge on any atom is -0.430 e. The fraction of sp³-hybridized carbons (Fsp3) is 0.548. The minimum atomic E-state index is -4.43. The van der Waals surface area contributed by atoms with Crippen LogP contribution in [0.3, 0.4) is 0 Å². The topological polar surface area (TPSA) is 180 Å². The van der Waals surface area contributed by atoms with Gasteiger partial charge in [0.25, 0.3) is 20.2 Å². The first kappa shape index (κ1) is 39.3. The molecule has 258 valence electrons. The van der Waals surface area contributed by atoms with E-state index in [9.17, 15) is 26.4 Å². The van der Waals surface area contributed by atoms with Crippen LogP contribution in [-0.4, -0.2) is 55.8 Å². The van der Waals surface area contributed by atoms with Crippen LogP contribution in [0.2, 0.25) is 0 Å². The molecular weight excluding hydrogens is 664 g/mol. The second-order valence-electron chi connectivity index (χ2n) is 11.0. The molecule has 2 aromatic carbocycles. The van der Waals surface area contributed by atoms with Crippen molar-refractivity contribution in [2.45, 2.75) is 112 Å². The number of rotatable bonds is 19. The summed E-state index contributed by atoms with van der Waals surface area (Å²) in [7, 11) is -8.85. The highest BCUT2D eigenvalue weighted by Crippen LogP contribution is 2.29. The lowest BCUT2D eigenvalue weighted by Gasteiger charge is -2.32. The number of unbranched alkanes of at least 4 members (excludes halogenated alkanes) is 8. The van der Waals surface area contributed by atoms with Gasteiger partial charge in [0.15, 0.2) is 0 Å². The Morgan fingerprint density at radius 3 is 1.35 bits per heavy atom. The summed E-state index contributed by atoms with van der Waals surface area (Å²) in [6, 6.07) is 8.92. The van der Waals surface area contributed by atoms with E-state index in [-0.39, 0.29) is 21.3 Å². The maximum absolute atomic E-state index is 12.6. The highest BCUT2D eigenvalue weighted by atomic mass is 35.5. The molecule has 0 saturated carbocycles. The monoisotopic (exact) mass is 706 g/mol. The molecular formula is C31H43ClO12S2. The van der Waals surface area contributed by atoms with Crippen molar-refractivity contribution in [1.29, 1.82) is 0 Å². The lowest BCUT2D eigenvalue weighted by atomic mass is 9.90. The zero-order valence-corrected chi connectivity index (χ0v) is 28.6. The zero-order valence-electron chi connectivity index (χ0n) is 26.2. The normalized spacial score (nSPS) is 14.5. The number of hydrogen-bond acceptors (Lipinski definition) is 10. The molecule has 3 atom stereocenters. The van der Waals surface area contributed by atoms with Gasteiger partial charge in [-0.25, -0.2) is 9.59 Å². The van der Waals surface area contributed by atoms with E-state index in [1.54, 1.807) is 13.8 Å². The Balaban J connectivity index is 2.04. The smallest absolute Gasteiger partial charge is 0.430 e. The molecule has 46 heavy (non-hydrogen) atoms. The van der Waals surface area contributed by atoms with Crippen LogP contribution in [0.4, 0.5) is 9.59 Å². The summed E-state index contributed by atoms with van der Waals surface area (Å²) >= 11 is 6.82. The van der Waals surface area contributed by atoms with Crippen molar-refractivity contribution in [3.63, 3.8) is 0 Å². The number of benzene rings is 2. The van der Waals surface area contributed by atoms with Crippen molar-refractivity contribution in [2.24, 2.45) is 5.92 Å². The van der Waals surface area contributed by atoms with Crippen molar-refractivity contribution >= 4 is 44.1 Å². The summed E-state index contributed by atoms with van der Waals surface area (Å²) in [6.07, 6.45) is 6.53. The van der Waals surface area contributed by atoms with Gasteiger partial charge in [-0.05, 0) is 68.8 Å². The number of carbonyl (C=O) groups excluding carboxylic acids is 2. The van der Waals surface area contributed by atoms with Crippen molar-refractivity contribution < 1.29 is 54.5 Å². The Kier molecular flexibility index (Phi) is 16.3. The minimum absolute atomic E-state index is 0.0360. The van der Waals surface area contributed by atoms with Crippen LogP contribution < -0.4 is 9.47 Å². The van der Waals surface area contributed by atoms with E-state index >= 15 is 0 Å². The van der Waals surface area contributed by atoms with E-state index in [0.717, 1.165) is 49.9 Å². The first-order valence-corrected chi connectivity index (χ1v) is 18.5. The molecule has 0 spiro atoms. The standard InChI is InChI=1S/C31H43ClO12S2/c1-4-5-6-7-8-9-10-11-12-13-28(32)29(22(2)41-30(33)43-24-14-18-26(19-15-24)45(35,36)37)23(3)42-31(34)44-25-16-20-27(21-17-25)46(38,39)40/h14-23,28-29H,4-13H2,1-3H3,(H,35,36,37)(H,38,39,40). The Morgan fingerprint density at radius 1 is 0.652 bits per heavy atom. The summed E-state index contributed by atoms with van der Waals surface area (Å²) in [4.78, 5) is 24.4. The summed E-state index contributed by atoms with van der Waals surface area (Å²) in [5.74, 6) is -0.781. The van der Waals surface area contributed by atoms with Crippen molar-refractivity contribution in [3.8, 4) is 11.5 Å². The Hall–Kier alpha value is -2.91. The third-order valence-electron chi connectivity index (χ3n) is 7.29. The summed E-state index contributed by atoms with van der Waals surface area (Å²) in [5, 5.41) is -0.585. The highest BCUT2D eigenvalue weighted by Gasteiger charge is 2.36. The number of alkyl halides is 1. The van der Waals surface area contributed by atoms with E-state index < -0.39 is 56.0 Å². The SMILES string of the molecule is CCCCCCCCCCCC(Cl)C(C(C)OC(=O)Oc1ccc(S(=O)(=O)O)cc1)C(C)OC(=O)Oc1ccc(S(=O)(=O)O)cc1. The molecule has 0 aliphatic carbocycles. The predicted molar refractivity (Wildman–Crippen MR) is 171 cm³/mol. The van der Waals surface area contributed by atoms with Crippen LogP contribution in [0.5, 0.6) is 11.5 Å². The molecule has 0 radical (unpaired) electrons. The van der Waals surface area contributed by atoms with Gasteiger partial charge in [-0.2, -0.15) is 16.8 Å². The van der Waals surface area contributed by atoms with Crippen LogP contribution in [0.25, 0.3) is 0 Å². The molecule has 12 nitrogen and oxygen atoms in total. The van der Waals surface area contributed by atoms with E-state index in [4.69, 9.17) is 39.7 Å². The molecule has 2 rings (SSSR count). The van der Waals surface area contributed by atoms with E-state index in [2.05, 4.69) is 6.92 Å². The second-order valence-corrected chi connectivity index (χ2v) is 14.4. The molecule has 0 heterocycles. The van der Waals surface area contributed by atoms with Gasteiger partial charge in [0.1, 0.15) is 23.7 Å². The number of carbonyl (C=O) groups is 2. The number of hydrogen-bond donors (Lipinski definition) is 2. The van der Waals surface area contributed by atoms with Crippen molar-refractivity contribution in [2.75, 3.05) is 0 Å². The van der Waals surface area contributed by atoms with Crippen molar-refractivity contribution in [3.05, 3.63) is 48.5 Å². The Morgan fingerprint density at radius 2 is 1.00 bits per heavy atom. The maximum atomic E-state index is 12.6. The molecule has 0 amide bonds. The summed E-state index contributed by atoms with van der Waals surface area (Å²) in [5.41, 5.74) is 0. The van der Waals surface area contributed by atoms with Crippen LogP contribution in [0.15, 0.2) is 58.3 Å². The van der Waals surface area contributed by atoms with Crippen LogP contribution in [0.1, 0.15) is 85.0 Å². The molecule has 15 heteroatoms. The first-order chi connectivity index (χ1) is 21.6. The van der Waals surface area contributed by atoms with Gasteiger partial charge < -0.3 is 18.9 Å². The summed E-state index contributed by atoms with van der Waals surface area (Å²) < 4.78 is 84.5. The first-order valence-electron chi connectivity index (χ1n) is 15.2. The largest absolute Gasteiger partial charge is 0.514 e. The zero-order chi connectivity index (χ0) is 34.3. The average molecular weight is 707 g/mol. The molecule has 0 aromatic heterocycles. The quantitative estimate of drug-likeness (QED) is 0.0476. The number of halogens is 1. The van der Waals surface area contributed by atoms with Gasteiger partial charge in [-0.15, -0.1) is 11.6 Å². The highest BCUT2D eigenvalue weighted by molar-refractivity contribution is 7.86. The van der Waals surface area contributed by atoms with E-state index in [1.165, 1.54) is 56.4 Å². The van der Waals surface area contributed by atoms with Gasteiger partial charge in [0.2, 0.25) is 0 Å². The van der Waals surface area contributed by atoms with Crippen LogP contribution in [0, 0.1) is 5.92 Å². The molecule has 0 bridgehead atoms. The lowest BCUT2D eigenvalue weighted by molar-refractivity contribution is -0.0212. The molecule has 2 aromatic rings. The summed E-state index contributed by atoms with van der Waals surface area (Å²) in [6.45, 7) is 5.32. The van der Waals surface area contributed by atoms with E-state index in [0.29, 0.717) is 6.42 Å². The van der Waals surface area contributed by atoms with Gasteiger partial charge in [-0.3, -0.25) is 9.11 Å². The Bertz CT molecular complexity index is 1350. The van der Waals surface area contributed by atoms with Crippen LogP contribution in [-0.2, 0) is 29.7 Å². The third-order valence-corrected chi connectivity index (χ3v) is 9.54. The van der Waals surface area contributed by atoms with Gasteiger partial charge >= 0.3 is 12.3 Å². The van der Waals surface area contributed by atoms with Gasteiger partial charge in [-0.1, -0.05) is 64.7 Å². The molecule has 0 aliphatic heterocycles. The number of ether oxygens (including phenoxy) is 4. The average Bonchev–Trinajstić information content (AvgIpc) is 2.95. The molecule has 0 fully saturated rings. The molecule has 0 aliphatic rings. The second kappa shape index (κ2) is 19.0.